The summed E-state index contributed by atoms with van der Waals surface area (Å²) in [5.74, 6) is 0.318. The first-order valence-corrected chi connectivity index (χ1v) is 7.08. The smallest absolute Gasteiger partial charge is 0.327 e. The van der Waals surface area contributed by atoms with Crippen molar-refractivity contribution in [1.29, 1.82) is 0 Å². The lowest BCUT2D eigenvalue weighted by atomic mass is 9.91. The monoisotopic (exact) mass is 256 g/mol. The van der Waals surface area contributed by atoms with Crippen LogP contribution in [0.1, 0.15) is 40.5 Å². The van der Waals surface area contributed by atoms with Crippen molar-refractivity contribution < 1.29 is 9.53 Å². The second-order valence-corrected chi connectivity index (χ2v) is 5.50. The van der Waals surface area contributed by atoms with Gasteiger partial charge >= 0.3 is 5.97 Å². The molecule has 4 heteroatoms. The number of hydrogen-bond donors (Lipinski definition) is 1. The maximum atomic E-state index is 12.3. The molecule has 1 unspecified atom stereocenters. The lowest BCUT2D eigenvalue weighted by Gasteiger charge is -2.38. The van der Waals surface area contributed by atoms with Crippen LogP contribution in [0, 0.1) is 5.92 Å². The lowest BCUT2D eigenvalue weighted by Crippen LogP contribution is -2.63. The van der Waals surface area contributed by atoms with E-state index in [1.807, 2.05) is 0 Å². The minimum atomic E-state index is -0.519. The van der Waals surface area contributed by atoms with Crippen LogP contribution >= 0.6 is 0 Å². The standard InChI is InChI=1S/C14H28N2O2/c1-6-16(7-2)10-14(12-8-9-12,13(17)18-5)15-11(3)4/h11-12,15H,6-10H2,1-5H3. The van der Waals surface area contributed by atoms with Gasteiger partial charge < -0.3 is 9.64 Å². The highest BCUT2D eigenvalue weighted by atomic mass is 16.5. The fraction of sp³-hybridized carbons (Fsp3) is 0.929. The molecule has 1 aliphatic carbocycles. The van der Waals surface area contributed by atoms with Crippen molar-refractivity contribution in [1.82, 2.24) is 10.2 Å². The van der Waals surface area contributed by atoms with E-state index in [4.69, 9.17) is 4.74 Å². The summed E-state index contributed by atoms with van der Waals surface area (Å²) < 4.78 is 5.08. The summed E-state index contributed by atoms with van der Waals surface area (Å²) in [5, 5.41) is 3.49. The lowest BCUT2D eigenvalue weighted by molar-refractivity contribution is -0.151. The Balaban J connectivity index is 2.92. The predicted octanol–water partition coefficient (Wildman–Crippen LogP) is 1.65. The number of rotatable bonds is 8. The van der Waals surface area contributed by atoms with E-state index in [-0.39, 0.29) is 12.0 Å². The number of nitrogens with zero attached hydrogens (tertiary/aromatic N) is 1. The van der Waals surface area contributed by atoms with Crippen LogP contribution in [0.5, 0.6) is 0 Å². The molecule has 18 heavy (non-hydrogen) atoms. The van der Waals surface area contributed by atoms with Crippen molar-refractivity contribution in [3.63, 3.8) is 0 Å². The van der Waals surface area contributed by atoms with Crippen LogP contribution in [0.4, 0.5) is 0 Å². The Morgan fingerprint density at radius 2 is 1.94 bits per heavy atom. The zero-order valence-corrected chi connectivity index (χ0v) is 12.5. The Kier molecular flexibility index (Phi) is 5.60. The van der Waals surface area contributed by atoms with Gasteiger partial charge in [0.25, 0.3) is 0 Å². The molecule has 0 saturated heterocycles. The quantitative estimate of drug-likeness (QED) is 0.671. The van der Waals surface area contributed by atoms with Gasteiger partial charge in [0.2, 0.25) is 0 Å². The normalized spacial score (nSPS) is 19.1. The maximum Gasteiger partial charge on any atom is 0.327 e. The molecule has 0 spiro atoms. The zero-order chi connectivity index (χ0) is 13.8. The van der Waals surface area contributed by atoms with E-state index >= 15 is 0 Å². The summed E-state index contributed by atoms with van der Waals surface area (Å²) in [7, 11) is 1.49. The molecule has 0 radical (unpaired) electrons. The molecule has 0 aromatic carbocycles. The Morgan fingerprint density at radius 1 is 1.39 bits per heavy atom. The van der Waals surface area contributed by atoms with Gasteiger partial charge in [-0.05, 0) is 45.7 Å². The highest BCUT2D eigenvalue weighted by Gasteiger charge is 2.52. The van der Waals surface area contributed by atoms with Crippen LogP contribution in [0.2, 0.25) is 0 Å². The van der Waals surface area contributed by atoms with E-state index in [0.717, 1.165) is 32.5 Å². The summed E-state index contributed by atoms with van der Waals surface area (Å²) >= 11 is 0. The maximum absolute atomic E-state index is 12.3. The fourth-order valence-corrected chi connectivity index (χ4v) is 2.66. The Bertz CT molecular complexity index is 273. The first kappa shape index (κ1) is 15.4. The van der Waals surface area contributed by atoms with E-state index < -0.39 is 5.54 Å². The minimum Gasteiger partial charge on any atom is -0.468 e. The number of nitrogens with one attached hydrogen (secondary N) is 1. The van der Waals surface area contributed by atoms with Gasteiger partial charge in [-0.3, -0.25) is 5.32 Å². The van der Waals surface area contributed by atoms with Crippen LogP contribution in [-0.2, 0) is 9.53 Å². The average molecular weight is 256 g/mol. The number of ether oxygens (including phenoxy) is 1. The highest BCUT2D eigenvalue weighted by molar-refractivity contribution is 5.82. The van der Waals surface area contributed by atoms with E-state index in [9.17, 15) is 4.79 Å². The second kappa shape index (κ2) is 6.53. The van der Waals surface area contributed by atoms with Gasteiger partial charge in [-0.1, -0.05) is 13.8 Å². The van der Waals surface area contributed by atoms with Gasteiger partial charge in [0.1, 0.15) is 5.54 Å². The van der Waals surface area contributed by atoms with E-state index in [0.29, 0.717) is 5.92 Å². The Hall–Kier alpha value is -0.610. The molecule has 1 atom stereocenters. The van der Waals surface area contributed by atoms with Gasteiger partial charge in [-0.2, -0.15) is 0 Å². The van der Waals surface area contributed by atoms with E-state index in [1.54, 1.807) is 0 Å². The van der Waals surface area contributed by atoms with Gasteiger partial charge in [-0.15, -0.1) is 0 Å². The third-order valence-electron chi connectivity index (χ3n) is 3.74. The molecule has 0 aromatic rings. The molecule has 106 valence electrons. The largest absolute Gasteiger partial charge is 0.468 e. The van der Waals surface area contributed by atoms with E-state index in [1.165, 1.54) is 7.11 Å². The first-order chi connectivity index (χ1) is 8.50. The molecular formula is C14H28N2O2. The van der Waals surface area contributed by atoms with Crippen LogP contribution in [0.25, 0.3) is 0 Å². The Morgan fingerprint density at radius 3 is 2.28 bits per heavy atom. The summed E-state index contributed by atoms with van der Waals surface area (Å²) in [4.78, 5) is 14.6. The van der Waals surface area contributed by atoms with Crippen molar-refractivity contribution in [3.8, 4) is 0 Å². The molecule has 0 bridgehead atoms. The predicted molar refractivity (Wildman–Crippen MR) is 73.5 cm³/mol. The highest BCUT2D eigenvalue weighted by Crippen LogP contribution is 2.41. The van der Waals surface area contributed by atoms with Crippen molar-refractivity contribution in [2.45, 2.75) is 52.1 Å². The summed E-state index contributed by atoms with van der Waals surface area (Å²) in [6.07, 6.45) is 2.24. The van der Waals surface area contributed by atoms with Crippen LogP contribution < -0.4 is 5.32 Å². The molecule has 1 saturated carbocycles. The number of carbonyl (C=O) groups excluding carboxylic acids is 1. The molecule has 0 amide bonds. The molecule has 4 nitrogen and oxygen atoms in total. The molecule has 1 rings (SSSR count). The number of esters is 1. The fourth-order valence-electron chi connectivity index (χ4n) is 2.66. The number of hydrogen-bond acceptors (Lipinski definition) is 4. The van der Waals surface area contributed by atoms with Crippen LogP contribution in [0.15, 0.2) is 0 Å². The van der Waals surface area contributed by atoms with Crippen molar-refractivity contribution in [2.75, 3.05) is 26.7 Å². The van der Waals surface area contributed by atoms with Gasteiger partial charge in [0.05, 0.1) is 7.11 Å². The second-order valence-electron chi connectivity index (χ2n) is 5.50. The topological polar surface area (TPSA) is 41.6 Å². The molecule has 0 aliphatic heterocycles. The first-order valence-electron chi connectivity index (χ1n) is 7.08. The van der Waals surface area contributed by atoms with Gasteiger partial charge in [0.15, 0.2) is 0 Å². The number of methoxy groups -OCH3 is 1. The third-order valence-corrected chi connectivity index (χ3v) is 3.74. The zero-order valence-electron chi connectivity index (χ0n) is 12.5. The Labute approximate surface area is 111 Å². The molecule has 0 aromatic heterocycles. The minimum absolute atomic E-state index is 0.106. The van der Waals surface area contributed by atoms with Crippen LogP contribution in [0.3, 0.4) is 0 Å². The summed E-state index contributed by atoms with van der Waals surface area (Å²) in [6.45, 7) is 11.1. The van der Waals surface area contributed by atoms with Crippen molar-refractivity contribution >= 4 is 5.97 Å². The van der Waals surface area contributed by atoms with Gasteiger partial charge in [0, 0.05) is 12.6 Å². The molecule has 1 N–H and O–H groups in total. The van der Waals surface area contributed by atoms with Gasteiger partial charge in [-0.25, -0.2) is 4.79 Å². The summed E-state index contributed by atoms with van der Waals surface area (Å²) in [5.41, 5.74) is -0.519. The number of carbonyl (C=O) groups is 1. The van der Waals surface area contributed by atoms with E-state index in [2.05, 4.69) is 37.9 Å². The molecule has 1 aliphatic rings. The van der Waals surface area contributed by atoms with Crippen molar-refractivity contribution in [2.24, 2.45) is 5.92 Å². The molecule has 0 heterocycles. The molecule has 1 fully saturated rings. The molecular weight excluding hydrogens is 228 g/mol. The SMILES string of the molecule is CCN(CC)CC(NC(C)C)(C(=O)OC)C1CC1. The average Bonchev–Trinajstić information content (AvgIpc) is 3.17. The van der Waals surface area contributed by atoms with Crippen molar-refractivity contribution in [3.05, 3.63) is 0 Å². The number of likely N-dealkylation sites (N-methyl/N-ethyl adjacent to an activating group) is 1. The van der Waals surface area contributed by atoms with Crippen LogP contribution in [-0.4, -0.2) is 49.2 Å². The summed E-state index contributed by atoms with van der Waals surface area (Å²) in [6, 6.07) is 0.278. The third kappa shape index (κ3) is 3.45.